The third-order valence-electron chi connectivity index (χ3n) is 3.47. The second kappa shape index (κ2) is 5.61. The summed E-state index contributed by atoms with van der Waals surface area (Å²) in [6.45, 7) is 5.76. The lowest BCUT2D eigenvalue weighted by Gasteiger charge is -2.27. The van der Waals surface area contributed by atoms with E-state index in [-0.39, 0.29) is 0 Å². The predicted molar refractivity (Wildman–Crippen MR) is 58.0 cm³/mol. The SMILES string of the molecule is CCC1(CNCCNC)CCCC1. The van der Waals surface area contributed by atoms with Crippen molar-refractivity contribution in [2.45, 2.75) is 39.0 Å². The Hall–Kier alpha value is -0.0800. The summed E-state index contributed by atoms with van der Waals surface area (Å²) < 4.78 is 0. The first-order valence-electron chi connectivity index (χ1n) is 5.68. The third-order valence-corrected chi connectivity index (χ3v) is 3.47. The van der Waals surface area contributed by atoms with Crippen LogP contribution in [0.3, 0.4) is 0 Å². The highest BCUT2D eigenvalue weighted by Gasteiger charge is 2.30. The van der Waals surface area contributed by atoms with E-state index in [1.807, 2.05) is 7.05 Å². The van der Waals surface area contributed by atoms with Crippen molar-refractivity contribution in [1.29, 1.82) is 0 Å². The largest absolute Gasteiger partial charge is 0.318 e. The summed E-state index contributed by atoms with van der Waals surface area (Å²) in [7, 11) is 2.01. The number of rotatable bonds is 6. The molecular weight excluding hydrogens is 160 g/mol. The number of hydrogen-bond acceptors (Lipinski definition) is 2. The molecule has 2 N–H and O–H groups in total. The van der Waals surface area contributed by atoms with Gasteiger partial charge in [-0.15, -0.1) is 0 Å². The fourth-order valence-electron chi connectivity index (χ4n) is 2.35. The summed E-state index contributed by atoms with van der Waals surface area (Å²) in [5.74, 6) is 0. The summed E-state index contributed by atoms with van der Waals surface area (Å²) in [5, 5.41) is 6.72. The van der Waals surface area contributed by atoms with Gasteiger partial charge in [0.05, 0.1) is 0 Å². The Balaban J connectivity index is 2.16. The molecule has 1 rings (SSSR count). The molecule has 0 atom stereocenters. The first-order valence-corrected chi connectivity index (χ1v) is 5.68. The minimum atomic E-state index is 0.647. The zero-order valence-electron chi connectivity index (χ0n) is 9.16. The van der Waals surface area contributed by atoms with Crippen LogP contribution in [0.5, 0.6) is 0 Å². The van der Waals surface area contributed by atoms with Gasteiger partial charge in [-0.25, -0.2) is 0 Å². The molecule has 13 heavy (non-hydrogen) atoms. The molecule has 0 saturated heterocycles. The summed E-state index contributed by atoms with van der Waals surface area (Å²) >= 11 is 0. The molecule has 1 saturated carbocycles. The van der Waals surface area contributed by atoms with Crippen molar-refractivity contribution in [3.63, 3.8) is 0 Å². The Kier molecular flexibility index (Phi) is 4.74. The van der Waals surface area contributed by atoms with E-state index in [1.165, 1.54) is 38.6 Å². The van der Waals surface area contributed by atoms with Crippen molar-refractivity contribution in [2.75, 3.05) is 26.7 Å². The van der Waals surface area contributed by atoms with Crippen LogP contribution in [-0.4, -0.2) is 26.7 Å². The van der Waals surface area contributed by atoms with E-state index in [0.717, 1.165) is 13.1 Å². The van der Waals surface area contributed by atoms with Crippen molar-refractivity contribution in [3.05, 3.63) is 0 Å². The van der Waals surface area contributed by atoms with E-state index in [2.05, 4.69) is 17.6 Å². The summed E-state index contributed by atoms with van der Waals surface area (Å²) in [5.41, 5.74) is 0.647. The molecule has 0 aliphatic heterocycles. The van der Waals surface area contributed by atoms with Gasteiger partial charge in [0.25, 0.3) is 0 Å². The molecule has 1 aliphatic rings. The fourth-order valence-corrected chi connectivity index (χ4v) is 2.35. The molecule has 1 fully saturated rings. The molecule has 0 radical (unpaired) electrons. The molecule has 0 aromatic heterocycles. The van der Waals surface area contributed by atoms with Crippen LogP contribution >= 0.6 is 0 Å². The van der Waals surface area contributed by atoms with Crippen LogP contribution in [-0.2, 0) is 0 Å². The van der Waals surface area contributed by atoms with Crippen LogP contribution in [0.4, 0.5) is 0 Å². The maximum Gasteiger partial charge on any atom is 0.00768 e. The van der Waals surface area contributed by atoms with Crippen LogP contribution in [0.2, 0.25) is 0 Å². The lowest BCUT2D eigenvalue weighted by molar-refractivity contribution is 0.269. The van der Waals surface area contributed by atoms with Gasteiger partial charge in [-0.05, 0) is 31.7 Å². The molecule has 78 valence electrons. The first kappa shape index (κ1) is 11.0. The second-order valence-electron chi connectivity index (χ2n) is 4.34. The molecule has 0 aromatic carbocycles. The molecule has 0 unspecified atom stereocenters. The monoisotopic (exact) mass is 184 g/mol. The van der Waals surface area contributed by atoms with Crippen molar-refractivity contribution < 1.29 is 0 Å². The molecule has 0 spiro atoms. The van der Waals surface area contributed by atoms with Crippen LogP contribution < -0.4 is 10.6 Å². The molecule has 0 aromatic rings. The average Bonchev–Trinajstić information content (AvgIpc) is 2.62. The van der Waals surface area contributed by atoms with Gasteiger partial charge in [0, 0.05) is 19.6 Å². The summed E-state index contributed by atoms with van der Waals surface area (Å²) in [6, 6.07) is 0. The van der Waals surface area contributed by atoms with Crippen molar-refractivity contribution in [2.24, 2.45) is 5.41 Å². The topological polar surface area (TPSA) is 24.1 Å². The van der Waals surface area contributed by atoms with E-state index in [4.69, 9.17) is 0 Å². The minimum Gasteiger partial charge on any atom is -0.318 e. The molecule has 1 aliphatic carbocycles. The van der Waals surface area contributed by atoms with E-state index < -0.39 is 0 Å². The van der Waals surface area contributed by atoms with Crippen LogP contribution in [0, 0.1) is 5.41 Å². The highest BCUT2D eigenvalue weighted by atomic mass is 14.9. The van der Waals surface area contributed by atoms with Gasteiger partial charge >= 0.3 is 0 Å². The third kappa shape index (κ3) is 3.28. The molecule has 0 amide bonds. The van der Waals surface area contributed by atoms with Gasteiger partial charge in [0.1, 0.15) is 0 Å². The average molecular weight is 184 g/mol. The smallest absolute Gasteiger partial charge is 0.00768 e. The maximum atomic E-state index is 3.56. The van der Waals surface area contributed by atoms with Crippen molar-refractivity contribution in [3.8, 4) is 0 Å². The highest BCUT2D eigenvalue weighted by molar-refractivity contribution is 4.85. The van der Waals surface area contributed by atoms with Gasteiger partial charge < -0.3 is 10.6 Å². The standard InChI is InChI=1S/C11H24N2/c1-3-11(6-4-5-7-11)10-13-9-8-12-2/h12-13H,3-10H2,1-2H3. The second-order valence-corrected chi connectivity index (χ2v) is 4.34. The maximum absolute atomic E-state index is 3.56. The fraction of sp³-hybridized carbons (Fsp3) is 1.00. The normalized spacial score (nSPS) is 20.8. The lowest BCUT2D eigenvalue weighted by atomic mass is 9.83. The zero-order chi connectivity index (χ0) is 9.57. The summed E-state index contributed by atoms with van der Waals surface area (Å²) in [4.78, 5) is 0. The Labute approximate surface area is 82.5 Å². The van der Waals surface area contributed by atoms with E-state index in [9.17, 15) is 0 Å². The Morgan fingerprint density at radius 1 is 1.15 bits per heavy atom. The van der Waals surface area contributed by atoms with E-state index in [0.29, 0.717) is 5.41 Å². The van der Waals surface area contributed by atoms with Gasteiger partial charge in [-0.1, -0.05) is 19.8 Å². The Morgan fingerprint density at radius 3 is 2.38 bits per heavy atom. The van der Waals surface area contributed by atoms with Crippen LogP contribution in [0.1, 0.15) is 39.0 Å². The molecule has 2 nitrogen and oxygen atoms in total. The molecule has 0 bridgehead atoms. The first-order chi connectivity index (χ1) is 6.33. The number of nitrogens with one attached hydrogen (secondary N) is 2. The number of hydrogen-bond donors (Lipinski definition) is 2. The molecule has 2 heteroatoms. The van der Waals surface area contributed by atoms with E-state index in [1.54, 1.807) is 0 Å². The minimum absolute atomic E-state index is 0.647. The molecule has 0 heterocycles. The molecular formula is C11H24N2. The van der Waals surface area contributed by atoms with Gasteiger partial charge in [-0.2, -0.15) is 0 Å². The van der Waals surface area contributed by atoms with E-state index >= 15 is 0 Å². The van der Waals surface area contributed by atoms with Gasteiger partial charge in [0.2, 0.25) is 0 Å². The van der Waals surface area contributed by atoms with Crippen molar-refractivity contribution in [1.82, 2.24) is 10.6 Å². The zero-order valence-corrected chi connectivity index (χ0v) is 9.16. The Bertz CT molecular complexity index is 128. The van der Waals surface area contributed by atoms with Crippen LogP contribution in [0.25, 0.3) is 0 Å². The van der Waals surface area contributed by atoms with Crippen molar-refractivity contribution >= 4 is 0 Å². The Morgan fingerprint density at radius 2 is 1.85 bits per heavy atom. The lowest BCUT2D eigenvalue weighted by Crippen LogP contribution is -2.35. The van der Waals surface area contributed by atoms with Crippen LogP contribution in [0.15, 0.2) is 0 Å². The van der Waals surface area contributed by atoms with Gasteiger partial charge in [-0.3, -0.25) is 0 Å². The van der Waals surface area contributed by atoms with Gasteiger partial charge in [0.15, 0.2) is 0 Å². The quantitative estimate of drug-likeness (QED) is 0.615. The number of likely N-dealkylation sites (N-methyl/N-ethyl adjacent to an activating group) is 1. The highest BCUT2D eigenvalue weighted by Crippen LogP contribution is 2.40. The predicted octanol–water partition coefficient (Wildman–Crippen LogP) is 1.77. The summed E-state index contributed by atoms with van der Waals surface area (Å²) in [6.07, 6.45) is 7.12.